The summed E-state index contributed by atoms with van der Waals surface area (Å²) >= 11 is 5.96. The van der Waals surface area contributed by atoms with Gasteiger partial charge in [-0.25, -0.2) is 4.98 Å². The second-order valence-corrected chi connectivity index (χ2v) is 5.97. The Morgan fingerprint density at radius 1 is 1.33 bits per heavy atom. The molecule has 1 heterocycles. The van der Waals surface area contributed by atoms with Crippen molar-refractivity contribution in [3.63, 3.8) is 0 Å². The van der Waals surface area contributed by atoms with Gasteiger partial charge in [0, 0.05) is 18.3 Å². The van der Waals surface area contributed by atoms with Gasteiger partial charge < -0.3 is 16.0 Å². The molecule has 0 radical (unpaired) electrons. The molecule has 0 aromatic carbocycles. The molecule has 3 N–H and O–H groups in total. The Hall–Kier alpha value is -1.82. The van der Waals surface area contributed by atoms with Crippen LogP contribution in [-0.4, -0.2) is 35.4 Å². The van der Waals surface area contributed by atoms with Crippen LogP contribution >= 0.6 is 11.6 Å². The monoisotopic (exact) mass is 312 g/mol. The summed E-state index contributed by atoms with van der Waals surface area (Å²) in [6, 6.07) is 1.56. The maximum atomic E-state index is 12.1. The molecule has 0 unspecified atom stereocenters. The molecule has 21 heavy (non-hydrogen) atoms. The molecule has 0 aliphatic carbocycles. The van der Waals surface area contributed by atoms with E-state index in [1.165, 1.54) is 6.20 Å². The van der Waals surface area contributed by atoms with E-state index in [9.17, 15) is 9.59 Å². The number of carbonyl (C=O) groups is 2. The lowest BCUT2D eigenvalue weighted by Crippen LogP contribution is -2.45. The third-order valence-electron chi connectivity index (χ3n) is 2.38. The number of hydrogen-bond acceptors (Lipinski definition) is 4. The summed E-state index contributed by atoms with van der Waals surface area (Å²) in [4.78, 5) is 27.8. The van der Waals surface area contributed by atoms with Crippen LogP contribution in [0.15, 0.2) is 12.3 Å². The number of pyridine rings is 1. The standard InChI is InChI=1S/C14H21ClN4O2/c1-5-16-11-6-9(10(15)7-17-11)13(21)18-8-12(20)19-14(2,3)4/h6-7H,5,8H2,1-4H3,(H,16,17)(H,18,21)(H,19,20). The van der Waals surface area contributed by atoms with Crippen molar-refractivity contribution in [3.05, 3.63) is 22.8 Å². The molecule has 1 aromatic rings. The van der Waals surface area contributed by atoms with Crippen LogP contribution in [-0.2, 0) is 4.79 Å². The molecule has 116 valence electrons. The average molecular weight is 313 g/mol. The van der Waals surface area contributed by atoms with E-state index < -0.39 is 5.91 Å². The van der Waals surface area contributed by atoms with Crippen molar-refractivity contribution in [3.8, 4) is 0 Å². The number of aromatic nitrogens is 1. The molecular formula is C14H21ClN4O2. The van der Waals surface area contributed by atoms with E-state index in [2.05, 4.69) is 20.9 Å². The van der Waals surface area contributed by atoms with E-state index in [4.69, 9.17) is 11.6 Å². The molecule has 1 rings (SSSR count). The summed E-state index contributed by atoms with van der Waals surface area (Å²) in [6.07, 6.45) is 1.41. The van der Waals surface area contributed by atoms with Crippen molar-refractivity contribution < 1.29 is 9.59 Å². The van der Waals surface area contributed by atoms with Gasteiger partial charge in [-0.05, 0) is 33.8 Å². The maximum Gasteiger partial charge on any atom is 0.253 e. The van der Waals surface area contributed by atoms with E-state index in [1.807, 2.05) is 27.7 Å². The first-order valence-electron chi connectivity index (χ1n) is 6.71. The van der Waals surface area contributed by atoms with Gasteiger partial charge in [-0.1, -0.05) is 11.6 Å². The fourth-order valence-corrected chi connectivity index (χ4v) is 1.80. The molecule has 0 saturated carbocycles. The Morgan fingerprint density at radius 3 is 2.57 bits per heavy atom. The third-order valence-corrected chi connectivity index (χ3v) is 2.68. The Morgan fingerprint density at radius 2 is 2.00 bits per heavy atom. The van der Waals surface area contributed by atoms with Crippen molar-refractivity contribution in [1.29, 1.82) is 0 Å². The van der Waals surface area contributed by atoms with Crippen LogP contribution in [0.4, 0.5) is 5.82 Å². The van der Waals surface area contributed by atoms with E-state index >= 15 is 0 Å². The quantitative estimate of drug-likeness (QED) is 0.774. The van der Waals surface area contributed by atoms with E-state index in [0.29, 0.717) is 12.4 Å². The van der Waals surface area contributed by atoms with Gasteiger partial charge >= 0.3 is 0 Å². The summed E-state index contributed by atoms with van der Waals surface area (Å²) < 4.78 is 0. The topological polar surface area (TPSA) is 83.1 Å². The van der Waals surface area contributed by atoms with Gasteiger partial charge in [0.25, 0.3) is 5.91 Å². The van der Waals surface area contributed by atoms with Gasteiger partial charge in [0.2, 0.25) is 5.91 Å². The smallest absolute Gasteiger partial charge is 0.253 e. The van der Waals surface area contributed by atoms with Crippen LogP contribution in [0, 0.1) is 0 Å². The molecular weight excluding hydrogens is 292 g/mol. The second kappa shape index (κ2) is 7.26. The molecule has 0 atom stereocenters. The van der Waals surface area contributed by atoms with Gasteiger partial charge in [-0.15, -0.1) is 0 Å². The zero-order valence-corrected chi connectivity index (χ0v) is 13.5. The number of nitrogens with zero attached hydrogens (tertiary/aromatic N) is 1. The zero-order valence-electron chi connectivity index (χ0n) is 12.7. The van der Waals surface area contributed by atoms with Crippen molar-refractivity contribution in [2.45, 2.75) is 33.2 Å². The van der Waals surface area contributed by atoms with Crippen LogP contribution in [0.25, 0.3) is 0 Å². The van der Waals surface area contributed by atoms with Gasteiger partial charge in [0.15, 0.2) is 0 Å². The van der Waals surface area contributed by atoms with Crippen LogP contribution in [0.3, 0.4) is 0 Å². The lowest BCUT2D eigenvalue weighted by Gasteiger charge is -2.20. The minimum absolute atomic E-state index is 0.106. The first kappa shape index (κ1) is 17.2. The highest BCUT2D eigenvalue weighted by Gasteiger charge is 2.16. The van der Waals surface area contributed by atoms with Crippen molar-refractivity contribution in [2.24, 2.45) is 0 Å². The molecule has 6 nitrogen and oxygen atoms in total. The Balaban J connectivity index is 2.67. The summed E-state index contributed by atoms with van der Waals surface area (Å²) in [6.45, 7) is 8.11. The predicted octanol–water partition coefficient (Wildman–Crippen LogP) is 1.81. The van der Waals surface area contributed by atoms with Gasteiger partial charge in [-0.3, -0.25) is 9.59 Å². The SMILES string of the molecule is CCNc1cc(C(=O)NCC(=O)NC(C)(C)C)c(Cl)cn1. The van der Waals surface area contributed by atoms with Crippen molar-refractivity contribution in [1.82, 2.24) is 15.6 Å². The molecule has 7 heteroatoms. The summed E-state index contributed by atoms with van der Waals surface area (Å²) in [5.74, 6) is -0.107. The zero-order chi connectivity index (χ0) is 16.0. The minimum atomic E-state index is -0.411. The van der Waals surface area contributed by atoms with Crippen LogP contribution in [0.2, 0.25) is 5.02 Å². The molecule has 0 fully saturated rings. The summed E-state index contributed by atoms with van der Waals surface area (Å²) in [7, 11) is 0. The highest BCUT2D eigenvalue weighted by Crippen LogP contribution is 2.17. The number of halogens is 1. The van der Waals surface area contributed by atoms with Crippen molar-refractivity contribution >= 4 is 29.2 Å². The van der Waals surface area contributed by atoms with Crippen LogP contribution in [0.5, 0.6) is 0 Å². The first-order chi connectivity index (χ1) is 9.73. The van der Waals surface area contributed by atoms with Crippen LogP contribution < -0.4 is 16.0 Å². The summed E-state index contributed by atoms with van der Waals surface area (Å²) in [5.41, 5.74) is -0.0555. The molecule has 0 bridgehead atoms. The number of rotatable bonds is 5. The highest BCUT2D eigenvalue weighted by atomic mass is 35.5. The lowest BCUT2D eigenvalue weighted by atomic mass is 10.1. The van der Waals surface area contributed by atoms with E-state index in [-0.39, 0.29) is 28.6 Å². The molecule has 0 spiro atoms. The number of anilines is 1. The number of nitrogens with one attached hydrogen (secondary N) is 3. The fraction of sp³-hybridized carbons (Fsp3) is 0.500. The largest absolute Gasteiger partial charge is 0.370 e. The minimum Gasteiger partial charge on any atom is -0.370 e. The third kappa shape index (κ3) is 5.99. The Kier molecular flexibility index (Phi) is 5.96. The molecule has 1 aromatic heterocycles. The fourth-order valence-electron chi connectivity index (χ4n) is 1.61. The number of hydrogen-bond donors (Lipinski definition) is 3. The molecule has 0 aliphatic heterocycles. The molecule has 0 saturated heterocycles. The van der Waals surface area contributed by atoms with Crippen LogP contribution in [0.1, 0.15) is 38.1 Å². The summed E-state index contributed by atoms with van der Waals surface area (Å²) in [5, 5.41) is 8.54. The normalized spacial score (nSPS) is 10.9. The van der Waals surface area contributed by atoms with Gasteiger partial charge in [-0.2, -0.15) is 0 Å². The first-order valence-corrected chi connectivity index (χ1v) is 7.09. The second-order valence-electron chi connectivity index (χ2n) is 5.56. The predicted molar refractivity (Wildman–Crippen MR) is 83.6 cm³/mol. The highest BCUT2D eigenvalue weighted by molar-refractivity contribution is 6.33. The van der Waals surface area contributed by atoms with Gasteiger partial charge in [0.05, 0.1) is 17.1 Å². The maximum absolute atomic E-state index is 12.1. The molecule has 2 amide bonds. The Labute approximate surface area is 129 Å². The number of carbonyl (C=O) groups excluding carboxylic acids is 2. The number of amides is 2. The van der Waals surface area contributed by atoms with Crippen molar-refractivity contribution in [2.75, 3.05) is 18.4 Å². The molecule has 0 aliphatic rings. The average Bonchev–Trinajstić information content (AvgIpc) is 2.36. The van der Waals surface area contributed by atoms with Gasteiger partial charge in [0.1, 0.15) is 5.82 Å². The van der Waals surface area contributed by atoms with E-state index in [0.717, 1.165) is 0 Å². The lowest BCUT2D eigenvalue weighted by molar-refractivity contribution is -0.121. The Bertz CT molecular complexity index is 526. The van der Waals surface area contributed by atoms with E-state index in [1.54, 1.807) is 6.07 Å².